The summed E-state index contributed by atoms with van der Waals surface area (Å²) in [7, 11) is 0. The highest BCUT2D eigenvalue weighted by Gasteiger charge is 2.18. The smallest absolute Gasteiger partial charge is 0.261 e. The van der Waals surface area contributed by atoms with Gasteiger partial charge in [0, 0.05) is 16.8 Å². The van der Waals surface area contributed by atoms with Crippen molar-refractivity contribution in [3.63, 3.8) is 0 Å². The van der Waals surface area contributed by atoms with Crippen molar-refractivity contribution in [1.29, 1.82) is 0 Å². The summed E-state index contributed by atoms with van der Waals surface area (Å²) in [4.78, 5) is 41.2. The maximum absolute atomic E-state index is 13.4. The van der Waals surface area contributed by atoms with Gasteiger partial charge in [-0.2, -0.15) is 0 Å². The van der Waals surface area contributed by atoms with E-state index in [2.05, 4.69) is 15.6 Å². The van der Waals surface area contributed by atoms with Crippen molar-refractivity contribution < 1.29 is 14.0 Å². The number of carbonyl (C=O) groups is 2. The summed E-state index contributed by atoms with van der Waals surface area (Å²) < 4.78 is 14.5. The average Bonchev–Trinajstić information content (AvgIpc) is 2.70. The number of nitrogens with one attached hydrogen (secondary N) is 2. The summed E-state index contributed by atoms with van der Waals surface area (Å²) >= 11 is 0. The number of aromatic nitrogens is 2. The number of halogens is 1. The molecular formula is C22H23FN4O3. The van der Waals surface area contributed by atoms with Gasteiger partial charge in [0.05, 0.1) is 17.2 Å². The van der Waals surface area contributed by atoms with Crippen molar-refractivity contribution in [2.45, 2.75) is 39.3 Å². The van der Waals surface area contributed by atoms with Gasteiger partial charge in [0.1, 0.15) is 12.4 Å². The normalized spacial score (nSPS) is 11.3. The molecule has 0 fully saturated rings. The molecule has 1 aromatic heterocycles. The summed E-state index contributed by atoms with van der Waals surface area (Å²) in [6, 6.07) is 10.2. The predicted molar refractivity (Wildman–Crippen MR) is 113 cm³/mol. The lowest BCUT2D eigenvalue weighted by Crippen LogP contribution is -2.42. The van der Waals surface area contributed by atoms with Crippen LogP contribution in [0.2, 0.25) is 0 Å². The summed E-state index contributed by atoms with van der Waals surface area (Å²) in [6.45, 7) is 5.60. The number of benzene rings is 2. The maximum atomic E-state index is 13.4. The molecule has 156 valence electrons. The molecule has 30 heavy (non-hydrogen) atoms. The Balaban J connectivity index is 1.68. The Morgan fingerprint density at radius 3 is 2.50 bits per heavy atom. The number of rotatable bonds is 6. The number of carbonyl (C=O) groups excluding carboxylic acids is 2. The first kappa shape index (κ1) is 21.2. The van der Waals surface area contributed by atoms with E-state index in [-0.39, 0.29) is 23.4 Å². The van der Waals surface area contributed by atoms with Crippen LogP contribution in [0.15, 0.2) is 53.6 Å². The molecule has 2 aromatic carbocycles. The van der Waals surface area contributed by atoms with Crippen LogP contribution in [-0.2, 0) is 11.3 Å². The van der Waals surface area contributed by atoms with Crippen molar-refractivity contribution in [2.24, 2.45) is 0 Å². The Kier molecular flexibility index (Phi) is 5.96. The Morgan fingerprint density at radius 2 is 1.83 bits per heavy atom. The highest BCUT2D eigenvalue weighted by atomic mass is 19.1. The zero-order chi connectivity index (χ0) is 21.9. The Morgan fingerprint density at radius 1 is 1.13 bits per heavy atom. The largest absolute Gasteiger partial charge is 0.347 e. The monoisotopic (exact) mass is 410 g/mol. The van der Waals surface area contributed by atoms with Crippen LogP contribution < -0.4 is 16.2 Å². The van der Waals surface area contributed by atoms with E-state index in [1.54, 1.807) is 24.3 Å². The van der Waals surface area contributed by atoms with E-state index in [9.17, 15) is 18.8 Å². The van der Waals surface area contributed by atoms with E-state index in [0.717, 1.165) is 17.1 Å². The first-order valence-corrected chi connectivity index (χ1v) is 9.55. The average molecular weight is 410 g/mol. The SMILES string of the molecule is CCC(C)(C)NC(=O)c1ccc(NC(=O)Cn2cnc3ccc(F)cc3c2=O)cc1. The maximum Gasteiger partial charge on any atom is 0.261 e. The first-order chi connectivity index (χ1) is 14.2. The van der Waals surface area contributed by atoms with Crippen LogP contribution in [0.5, 0.6) is 0 Å². The lowest BCUT2D eigenvalue weighted by Gasteiger charge is -2.24. The predicted octanol–water partition coefficient (Wildman–Crippen LogP) is 3.09. The molecular weight excluding hydrogens is 387 g/mol. The highest BCUT2D eigenvalue weighted by molar-refractivity contribution is 5.96. The molecule has 2 amide bonds. The number of amides is 2. The van der Waals surface area contributed by atoms with Gasteiger partial charge in [0.2, 0.25) is 5.91 Å². The van der Waals surface area contributed by atoms with Gasteiger partial charge in [-0.15, -0.1) is 0 Å². The molecule has 7 nitrogen and oxygen atoms in total. The van der Waals surface area contributed by atoms with Gasteiger partial charge in [-0.25, -0.2) is 9.37 Å². The lowest BCUT2D eigenvalue weighted by atomic mass is 10.0. The van der Waals surface area contributed by atoms with Gasteiger partial charge in [0.25, 0.3) is 11.5 Å². The molecule has 0 saturated carbocycles. The Labute approximate surface area is 172 Å². The topological polar surface area (TPSA) is 93.1 Å². The number of nitrogens with zero attached hydrogens (tertiary/aromatic N) is 2. The van der Waals surface area contributed by atoms with Gasteiger partial charge in [0.15, 0.2) is 0 Å². The van der Waals surface area contributed by atoms with Crippen molar-refractivity contribution in [3.8, 4) is 0 Å². The molecule has 3 aromatic rings. The van der Waals surface area contributed by atoms with Gasteiger partial charge < -0.3 is 10.6 Å². The van der Waals surface area contributed by atoms with Crippen LogP contribution in [0.3, 0.4) is 0 Å². The molecule has 0 spiro atoms. The van der Waals surface area contributed by atoms with Crippen LogP contribution in [0.1, 0.15) is 37.6 Å². The minimum absolute atomic E-state index is 0.107. The molecule has 0 atom stereocenters. The molecule has 8 heteroatoms. The van der Waals surface area contributed by atoms with Crippen LogP contribution in [0.25, 0.3) is 10.9 Å². The van der Waals surface area contributed by atoms with E-state index in [1.165, 1.54) is 18.5 Å². The fraction of sp³-hybridized carbons (Fsp3) is 0.273. The quantitative estimate of drug-likeness (QED) is 0.653. The Hall–Kier alpha value is -3.55. The molecule has 2 N–H and O–H groups in total. The third-order valence-electron chi connectivity index (χ3n) is 4.87. The number of fused-ring (bicyclic) bond motifs is 1. The molecule has 0 aliphatic carbocycles. The fourth-order valence-corrected chi connectivity index (χ4v) is 2.77. The summed E-state index contributed by atoms with van der Waals surface area (Å²) in [5.41, 5.74) is 0.512. The van der Waals surface area contributed by atoms with E-state index in [1.807, 2.05) is 20.8 Å². The third-order valence-corrected chi connectivity index (χ3v) is 4.87. The van der Waals surface area contributed by atoms with E-state index >= 15 is 0 Å². The summed E-state index contributed by atoms with van der Waals surface area (Å²) in [5, 5.41) is 5.72. The fourth-order valence-electron chi connectivity index (χ4n) is 2.77. The second-order valence-corrected chi connectivity index (χ2v) is 7.66. The van der Waals surface area contributed by atoms with E-state index < -0.39 is 17.3 Å². The van der Waals surface area contributed by atoms with Crippen molar-refractivity contribution in [3.05, 3.63) is 70.5 Å². The third kappa shape index (κ3) is 4.89. The zero-order valence-electron chi connectivity index (χ0n) is 17.0. The first-order valence-electron chi connectivity index (χ1n) is 9.55. The van der Waals surface area contributed by atoms with Gasteiger partial charge in [-0.1, -0.05) is 6.92 Å². The van der Waals surface area contributed by atoms with Gasteiger partial charge in [-0.05, 0) is 62.7 Å². The Bertz CT molecular complexity index is 1150. The minimum Gasteiger partial charge on any atom is -0.347 e. The zero-order valence-corrected chi connectivity index (χ0v) is 17.0. The molecule has 1 heterocycles. The highest BCUT2D eigenvalue weighted by Crippen LogP contribution is 2.13. The van der Waals surface area contributed by atoms with Crippen LogP contribution >= 0.6 is 0 Å². The minimum atomic E-state index is -0.546. The van der Waals surface area contributed by atoms with Crippen molar-refractivity contribution in [1.82, 2.24) is 14.9 Å². The van der Waals surface area contributed by atoms with Crippen molar-refractivity contribution >= 4 is 28.4 Å². The van der Waals surface area contributed by atoms with Crippen LogP contribution in [0.4, 0.5) is 10.1 Å². The molecule has 0 aliphatic rings. The van der Waals surface area contributed by atoms with E-state index in [0.29, 0.717) is 16.8 Å². The second kappa shape index (κ2) is 8.44. The number of hydrogen-bond donors (Lipinski definition) is 2. The number of anilines is 1. The molecule has 0 bridgehead atoms. The van der Waals surface area contributed by atoms with E-state index in [4.69, 9.17) is 0 Å². The summed E-state index contributed by atoms with van der Waals surface area (Å²) in [5.74, 6) is -1.19. The lowest BCUT2D eigenvalue weighted by molar-refractivity contribution is -0.116. The van der Waals surface area contributed by atoms with Crippen molar-refractivity contribution in [2.75, 3.05) is 5.32 Å². The standard InChI is InChI=1S/C22H23FN4O3/c1-4-22(2,3)26-20(29)14-5-8-16(9-6-14)25-19(28)12-27-13-24-18-10-7-15(23)11-17(18)21(27)30/h5-11,13H,4,12H2,1-3H3,(H,25,28)(H,26,29). The van der Waals surface area contributed by atoms with Crippen LogP contribution in [-0.4, -0.2) is 26.9 Å². The molecule has 0 unspecified atom stereocenters. The second-order valence-electron chi connectivity index (χ2n) is 7.66. The summed E-state index contributed by atoms with van der Waals surface area (Å²) in [6.07, 6.45) is 2.05. The molecule has 0 radical (unpaired) electrons. The molecule has 0 saturated heterocycles. The van der Waals surface area contributed by atoms with Gasteiger partial charge in [-0.3, -0.25) is 19.0 Å². The number of hydrogen-bond acceptors (Lipinski definition) is 4. The molecule has 3 rings (SSSR count). The van der Waals surface area contributed by atoms with Gasteiger partial charge >= 0.3 is 0 Å². The molecule has 0 aliphatic heterocycles. The van der Waals surface area contributed by atoms with Crippen LogP contribution in [0, 0.1) is 5.82 Å².